The SMILES string of the molecule is N#CC1(CCCCC2(C#N)Cc3cc4nc5c6cccnc6c6ncccc6c5nc4cc3C2)Cc2cc3nc4c5cccnc5c5ncccc5c4nc3cc2C1. The molecule has 10 heteroatoms. The van der Waals surface area contributed by atoms with Crippen LogP contribution in [0.25, 0.3) is 87.7 Å². The predicted octanol–water partition coefficient (Wildman–Crippen LogP) is 9.55. The van der Waals surface area contributed by atoms with Crippen molar-refractivity contribution in [3.05, 3.63) is 120 Å². The molecule has 0 unspecified atom stereocenters. The zero-order chi connectivity index (χ0) is 38.6. The molecule has 2 aliphatic rings. The third-order valence-corrected chi connectivity index (χ3v) is 12.8. The summed E-state index contributed by atoms with van der Waals surface area (Å²) in [6, 6.07) is 29.9. The van der Waals surface area contributed by atoms with Crippen molar-refractivity contribution in [2.24, 2.45) is 10.8 Å². The van der Waals surface area contributed by atoms with Crippen LogP contribution in [-0.4, -0.2) is 39.9 Å². The highest BCUT2D eigenvalue weighted by Gasteiger charge is 2.40. The molecule has 10 aromatic rings. The van der Waals surface area contributed by atoms with Crippen molar-refractivity contribution in [1.82, 2.24) is 39.9 Å². The molecule has 58 heavy (non-hydrogen) atoms. The molecule has 0 spiro atoms. The van der Waals surface area contributed by atoms with Crippen molar-refractivity contribution in [3.63, 3.8) is 0 Å². The average molecular weight is 749 g/mol. The highest BCUT2D eigenvalue weighted by molar-refractivity contribution is 6.22. The second kappa shape index (κ2) is 12.1. The van der Waals surface area contributed by atoms with Crippen LogP contribution in [0.2, 0.25) is 0 Å². The Kier molecular flexibility index (Phi) is 6.86. The lowest BCUT2D eigenvalue weighted by Gasteiger charge is -2.23. The van der Waals surface area contributed by atoms with Crippen molar-refractivity contribution in [3.8, 4) is 12.1 Å². The monoisotopic (exact) mass is 748 g/mol. The lowest BCUT2D eigenvalue weighted by molar-refractivity contribution is 0.327. The Hall–Kier alpha value is -7.30. The zero-order valence-electron chi connectivity index (χ0n) is 31.4. The van der Waals surface area contributed by atoms with Gasteiger partial charge in [0.05, 0.1) is 89.2 Å². The molecular weight excluding hydrogens is 717 g/mol. The second-order valence-corrected chi connectivity index (χ2v) is 16.4. The topological polar surface area (TPSA) is 151 Å². The van der Waals surface area contributed by atoms with Crippen LogP contribution in [0.4, 0.5) is 0 Å². The number of hydrogen-bond donors (Lipinski definition) is 0. The van der Waals surface area contributed by atoms with E-state index in [1.807, 2.05) is 48.5 Å². The van der Waals surface area contributed by atoms with E-state index in [0.717, 1.165) is 113 Å². The van der Waals surface area contributed by atoms with Gasteiger partial charge in [-0.2, -0.15) is 10.5 Å². The summed E-state index contributed by atoms with van der Waals surface area (Å²) in [5, 5.41) is 25.0. The maximum Gasteiger partial charge on any atom is 0.0996 e. The first kappa shape index (κ1) is 32.9. The number of hydrogen-bond acceptors (Lipinski definition) is 10. The standard InChI is InChI=1S/C48H32N10/c49-25-47(21-27-17-35-36(18-28(27)22-47)56-44-32-8-4-14-52-40(32)39-31(43(44)55-35)7-3-13-51-39)11-1-2-12-48(26-50)23-29-19-37-38(20-30(29)24-48)58-46-34-10-6-16-54-42(34)41-33(45(46)57-37)9-5-15-53-41/h3-10,13-20H,1-2,11-12,21-24H2. The molecule has 12 rings (SSSR count). The fourth-order valence-corrected chi connectivity index (χ4v) is 10.1. The number of aromatic nitrogens is 8. The van der Waals surface area contributed by atoms with Crippen LogP contribution < -0.4 is 0 Å². The largest absolute Gasteiger partial charge is 0.254 e. The van der Waals surface area contributed by atoms with Gasteiger partial charge in [-0.1, -0.05) is 12.8 Å². The smallest absolute Gasteiger partial charge is 0.0996 e. The van der Waals surface area contributed by atoms with Crippen LogP contribution in [0, 0.1) is 33.5 Å². The number of benzene rings is 4. The number of rotatable bonds is 5. The van der Waals surface area contributed by atoms with Gasteiger partial charge in [0.2, 0.25) is 0 Å². The summed E-state index contributed by atoms with van der Waals surface area (Å²) in [5.74, 6) is 0. The number of pyridine rings is 4. The van der Waals surface area contributed by atoms with Crippen molar-refractivity contribution in [2.75, 3.05) is 0 Å². The normalized spacial score (nSPS) is 15.5. The summed E-state index contributed by atoms with van der Waals surface area (Å²) in [6.45, 7) is 0. The van der Waals surface area contributed by atoms with Gasteiger partial charge in [-0.05, 0) is 134 Å². The Labute approximate surface area is 331 Å². The minimum absolute atomic E-state index is 0.499. The van der Waals surface area contributed by atoms with Crippen LogP contribution in [0.1, 0.15) is 47.9 Å². The quantitative estimate of drug-likeness (QED) is 0.0945. The number of nitriles is 2. The van der Waals surface area contributed by atoms with Crippen LogP contribution in [0.5, 0.6) is 0 Å². The Balaban J connectivity index is 0.801. The molecule has 0 aliphatic heterocycles. The van der Waals surface area contributed by atoms with Gasteiger partial charge < -0.3 is 0 Å². The molecule has 0 fully saturated rings. The minimum Gasteiger partial charge on any atom is -0.254 e. The van der Waals surface area contributed by atoms with Gasteiger partial charge in [0.15, 0.2) is 0 Å². The Morgan fingerprint density at radius 2 is 0.690 bits per heavy atom. The van der Waals surface area contributed by atoms with Gasteiger partial charge in [0.1, 0.15) is 0 Å². The van der Waals surface area contributed by atoms with E-state index in [1.165, 1.54) is 22.3 Å². The van der Waals surface area contributed by atoms with E-state index in [2.05, 4.69) is 56.3 Å². The lowest BCUT2D eigenvalue weighted by Crippen LogP contribution is -2.21. The minimum atomic E-state index is -0.499. The molecule has 6 aromatic heterocycles. The molecule has 274 valence electrons. The Bertz CT molecular complexity index is 3090. The first-order valence-corrected chi connectivity index (χ1v) is 19.8. The van der Waals surface area contributed by atoms with Crippen molar-refractivity contribution in [2.45, 2.75) is 51.4 Å². The second-order valence-electron chi connectivity index (χ2n) is 16.4. The summed E-state index contributed by atoms with van der Waals surface area (Å²) >= 11 is 0. The van der Waals surface area contributed by atoms with Crippen LogP contribution in [-0.2, 0) is 25.7 Å². The molecule has 6 heterocycles. The highest BCUT2D eigenvalue weighted by Crippen LogP contribution is 2.45. The Morgan fingerprint density at radius 1 is 0.414 bits per heavy atom. The highest BCUT2D eigenvalue weighted by atomic mass is 14.8. The third-order valence-electron chi connectivity index (χ3n) is 12.8. The van der Waals surface area contributed by atoms with E-state index in [9.17, 15) is 10.5 Å². The van der Waals surface area contributed by atoms with E-state index >= 15 is 0 Å². The van der Waals surface area contributed by atoms with E-state index < -0.39 is 10.8 Å². The fourth-order valence-electron chi connectivity index (χ4n) is 10.1. The number of nitrogens with zero attached hydrogens (tertiary/aromatic N) is 10. The molecule has 4 aromatic carbocycles. The van der Waals surface area contributed by atoms with Crippen LogP contribution >= 0.6 is 0 Å². The molecular formula is C48H32N10. The van der Waals surface area contributed by atoms with Crippen LogP contribution in [0.15, 0.2) is 97.6 Å². The summed E-state index contributed by atoms with van der Waals surface area (Å²) in [7, 11) is 0. The summed E-state index contributed by atoms with van der Waals surface area (Å²) in [6.07, 6.45) is 13.2. The van der Waals surface area contributed by atoms with Gasteiger partial charge in [0, 0.05) is 46.3 Å². The van der Waals surface area contributed by atoms with Gasteiger partial charge >= 0.3 is 0 Å². The van der Waals surface area contributed by atoms with Crippen molar-refractivity contribution >= 4 is 87.7 Å². The fraction of sp³-hybridized carbons (Fsp3) is 0.208. The molecule has 0 atom stereocenters. The van der Waals surface area contributed by atoms with E-state index in [-0.39, 0.29) is 0 Å². The molecule has 0 amide bonds. The predicted molar refractivity (Wildman–Crippen MR) is 225 cm³/mol. The van der Waals surface area contributed by atoms with Gasteiger partial charge in [-0.15, -0.1) is 0 Å². The van der Waals surface area contributed by atoms with Crippen molar-refractivity contribution in [1.29, 1.82) is 10.5 Å². The summed E-state index contributed by atoms with van der Waals surface area (Å²) in [4.78, 5) is 39.3. The van der Waals surface area contributed by atoms with E-state index in [1.54, 1.807) is 24.8 Å². The first-order valence-electron chi connectivity index (χ1n) is 19.8. The molecule has 0 saturated heterocycles. The van der Waals surface area contributed by atoms with Gasteiger partial charge in [-0.3, -0.25) is 19.9 Å². The zero-order valence-corrected chi connectivity index (χ0v) is 31.4. The van der Waals surface area contributed by atoms with Crippen molar-refractivity contribution < 1.29 is 0 Å². The maximum atomic E-state index is 10.7. The van der Waals surface area contributed by atoms with Crippen LogP contribution in [0.3, 0.4) is 0 Å². The lowest BCUT2D eigenvalue weighted by atomic mass is 9.78. The van der Waals surface area contributed by atoms with E-state index in [4.69, 9.17) is 19.9 Å². The average Bonchev–Trinajstić information content (AvgIpc) is 3.82. The molecule has 2 aliphatic carbocycles. The van der Waals surface area contributed by atoms with Gasteiger partial charge in [-0.25, -0.2) is 19.9 Å². The summed E-state index contributed by atoms with van der Waals surface area (Å²) in [5.41, 5.74) is 13.5. The first-order chi connectivity index (χ1) is 28.5. The van der Waals surface area contributed by atoms with E-state index in [0.29, 0.717) is 25.7 Å². The summed E-state index contributed by atoms with van der Waals surface area (Å²) < 4.78 is 0. The number of fused-ring (bicyclic) bond motifs is 16. The molecule has 0 N–H and O–H groups in total. The molecule has 0 saturated carbocycles. The van der Waals surface area contributed by atoms with Gasteiger partial charge in [0.25, 0.3) is 0 Å². The number of unbranched alkanes of at least 4 members (excludes halogenated alkanes) is 1. The molecule has 0 bridgehead atoms. The Morgan fingerprint density at radius 3 is 0.948 bits per heavy atom. The maximum absolute atomic E-state index is 10.7. The molecule has 0 radical (unpaired) electrons. The molecule has 10 nitrogen and oxygen atoms in total. The third kappa shape index (κ3) is 4.81.